The molecule has 1 fully saturated rings. The smallest absolute Gasteiger partial charge is 0.150 e. The van der Waals surface area contributed by atoms with E-state index < -0.39 is 0 Å². The molecule has 17 heavy (non-hydrogen) atoms. The van der Waals surface area contributed by atoms with E-state index in [0.29, 0.717) is 5.02 Å². The molecular formula is C12H16ClNO2S. The lowest BCUT2D eigenvalue weighted by Gasteiger charge is -2.25. The minimum absolute atomic E-state index is 0.0815. The molecule has 1 N–H and O–H groups in total. The van der Waals surface area contributed by atoms with Crippen LogP contribution in [0.3, 0.4) is 0 Å². The Balaban J connectivity index is 2.31. The van der Waals surface area contributed by atoms with Crippen LogP contribution >= 0.6 is 23.4 Å². The maximum atomic E-state index is 6.22. The van der Waals surface area contributed by atoms with Gasteiger partial charge in [-0.1, -0.05) is 11.6 Å². The van der Waals surface area contributed by atoms with Gasteiger partial charge in [-0.15, -0.1) is 11.8 Å². The molecule has 94 valence electrons. The topological polar surface area (TPSA) is 30.5 Å². The van der Waals surface area contributed by atoms with Crippen LogP contribution in [0.4, 0.5) is 0 Å². The molecule has 1 aliphatic rings. The first-order valence-electron chi connectivity index (χ1n) is 5.50. The lowest BCUT2D eigenvalue weighted by molar-refractivity contribution is 0.0275. The molecule has 1 unspecified atom stereocenters. The highest BCUT2D eigenvalue weighted by molar-refractivity contribution is 7.98. The third kappa shape index (κ3) is 2.88. The van der Waals surface area contributed by atoms with Crippen molar-refractivity contribution < 1.29 is 9.47 Å². The summed E-state index contributed by atoms with van der Waals surface area (Å²) in [6.45, 7) is 2.48. The Bertz CT molecular complexity index is 394. The quantitative estimate of drug-likeness (QED) is 0.858. The van der Waals surface area contributed by atoms with Crippen LogP contribution < -0.4 is 10.1 Å². The zero-order valence-corrected chi connectivity index (χ0v) is 11.5. The van der Waals surface area contributed by atoms with Crippen LogP contribution in [0.2, 0.25) is 5.02 Å². The Morgan fingerprint density at radius 1 is 1.53 bits per heavy atom. The van der Waals surface area contributed by atoms with Crippen molar-refractivity contribution in [1.82, 2.24) is 5.32 Å². The first kappa shape index (κ1) is 13.0. The lowest BCUT2D eigenvalue weighted by Crippen LogP contribution is -2.33. The monoisotopic (exact) mass is 273 g/mol. The fourth-order valence-electron chi connectivity index (χ4n) is 1.90. The van der Waals surface area contributed by atoms with E-state index in [1.807, 2.05) is 12.3 Å². The summed E-state index contributed by atoms with van der Waals surface area (Å²) in [5.41, 5.74) is 1.10. The summed E-state index contributed by atoms with van der Waals surface area (Å²) in [4.78, 5) is 1.05. The van der Waals surface area contributed by atoms with E-state index in [9.17, 15) is 0 Å². The molecule has 0 aliphatic carbocycles. The Labute approximate surface area is 111 Å². The van der Waals surface area contributed by atoms with Crippen molar-refractivity contribution in [3.63, 3.8) is 0 Å². The van der Waals surface area contributed by atoms with Gasteiger partial charge in [0, 0.05) is 13.1 Å². The van der Waals surface area contributed by atoms with Gasteiger partial charge in [-0.25, -0.2) is 0 Å². The minimum Gasteiger partial charge on any atom is -0.494 e. The number of ether oxygens (including phenoxy) is 2. The molecule has 2 rings (SSSR count). The van der Waals surface area contributed by atoms with Gasteiger partial charge in [0.25, 0.3) is 0 Å². The second-order valence-corrected chi connectivity index (χ2v) is 5.06. The van der Waals surface area contributed by atoms with Gasteiger partial charge in [0.15, 0.2) is 5.75 Å². The van der Waals surface area contributed by atoms with Crippen LogP contribution in [0.15, 0.2) is 17.0 Å². The van der Waals surface area contributed by atoms with Gasteiger partial charge in [-0.3, -0.25) is 0 Å². The molecule has 1 atom stereocenters. The van der Waals surface area contributed by atoms with Crippen LogP contribution in [0.1, 0.15) is 11.7 Å². The van der Waals surface area contributed by atoms with Crippen molar-refractivity contribution in [2.75, 3.05) is 33.1 Å². The molecule has 0 saturated carbocycles. The van der Waals surface area contributed by atoms with E-state index in [1.54, 1.807) is 18.9 Å². The summed E-state index contributed by atoms with van der Waals surface area (Å²) >= 11 is 7.85. The second kappa shape index (κ2) is 5.96. The fourth-order valence-corrected chi connectivity index (χ4v) is 2.90. The average Bonchev–Trinajstić information content (AvgIpc) is 2.38. The summed E-state index contributed by atoms with van der Waals surface area (Å²) in [5, 5.41) is 3.95. The molecular weight excluding hydrogens is 258 g/mol. The molecule has 1 aromatic rings. The van der Waals surface area contributed by atoms with E-state index in [1.165, 1.54) is 0 Å². The van der Waals surface area contributed by atoms with Crippen LogP contribution in [0.25, 0.3) is 0 Å². The highest BCUT2D eigenvalue weighted by atomic mass is 35.5. The molecule has 0 bridgehead atoms. The zero-order valence-electron chi connectivity index (χ0n) is 9.96. The van der Waals surface area contributed by atoms with Gasteiger partial charge in [-0.05, 0) is 24.0 Å². The van der Waals surface area contributed by atoms with E-state index >= 15 is 0 Å². The molecule has 3 nitrogen and oxygen atoms in total. The predicted molar refractivity (Wildman–Crippen MR) is 71.3 cm³/mol. The summed E-state index contributed by atoms with van der Waals surface area (Å²) in [6.07, 6.45) is 2.09. The number of halogens is 1. The minimum atomic E-state index is 0.0815. The maximum Gasteiger partial charge on any atom is 0.150 e. The Morgan fingerprint density at radius 3 is 2.94 bits per heavy atom. The van der Waals surface area contributed by atoms with Gasteiger partial charge in [-0.2, -0.15) is 0 Å². The van der Waals surface area contributed by atoms with E-state index in [0.717, 1.165) is 35.9 Å². The lowest BCUT2D eigenvalue weighted by atomic mass is 10.1. The molecule has 0 amide bonds. The number of benzene rings is 1. The standard InChI is InChI=1S/C12H16ClNO2S/c1-15-12-9(13)5-8(6-11(12)17-2)10-7-14-3-4-16-10/h5-6,10,14H,3-4,7H2,1-2H3. The van der Waals surface area contributed by atoms with Crippen molar-refractivity contribution in [2.24, 2.45) is 0 Å². The molecule has 1 saturated heterocycles. The molecule has 1 heterocycles. The SMILES string of the molecule is COc1c(Cl)cc(C2CNCCO2)cc1SC. The van der Waals surface area contributed by atoms with E-state index in [-0.39, 0.29) is 6.10 Å². The summed E-state index contributed by atoms with van der Waals surface area (Å²) in [5.74, 6) is 0.742. The van der Waals surface area contributed by atoms with Crippen LogP contribution in [-0.2, 0) is 4.74 Å². The number of hydrogen-bond donors (Lipinski definition) is 1. The predicted octanol–water partition coefficient (Wildman–Crippen LogP) is 2.73. The number of nitrogens with one attached hydrogen (secondary N) is 1. The normalized spacial score (nSPS) is 20.3. The maximum absolute atomic E-state index is 6.22. The number of hydrogen-bond acceptors (Lipinski definition) is 4. The van der Waals surface area contributed by atoms with Crippen molar-refractivity contribution in [2.45, 2.75) is 11.0 Å². The molecule has 0 aromatic heterocycles. The van der Waals surface area contributed by atoms with Crippen molar-refractivity contribution in [1.29, 1.82) is 0 Å². The third-order valence-corrected chi connectivity index (χ3v) is 3.78. The number of methoxy groups -OCH3 is 1. The summed E-state index contributed by atoms with van der Waals surface area (Å²) in [7, 11) is 1.64. The molecule has 0 spiro atoms. The third-order valence-electron chi connectivity index (χ3n) is 2.76. The summed E-state index contributed by atoms with van der Waals surface area (Å²) in [6, 6.07) is 4.02. The van der Waals surface area contributed by atoms with E-state index in [2.05, 4.69) is 11.4 Å². The van der Waals surface area contributed by atoms with Gasteiger partial charge in [0.2, 0.25) is 0 Å². The molecule has 1 aliphatic heterocycles. The van der Waals surface area contributed by atoms with Crippen LogP contribution in [0.5, 0.6) is 5.75 Å². The Morgan fingerprint density at radius 2 is 2.35 bits per heavy atom. The molecule has 0 radical (unpaired) electrons. The highest BCUT2D eigenvalue weighted by Gasteiger charge is 2.19. The molecule has 5 heteroatoms. The van der Waals surface area contributed by atoms with Gasteiger partial charge in [0.05, 0.1) is 29.7 Å². The second-order valence-electron chi connectivity index (χ2n) is 3.80. The Hall–Kier alpha value is -0.420. The largest absolute Gasteiger partial charge is 0.494 e. The highest BCUT2D eigenvalue weighted by Crippen LogP contribution is 2.38. The van der Waals surface area contributed by atoms with Crippen molar-refractivity contribution in [3.05, 3.63) is 22.7 Å². The summed E-state index contributed by atoms with van der Waals surface area (Å²) < 4.78 is 11.0. The van der Waals surface area contributed by atoms with Crippen molar-refractivity contribution in [3.8, 4) is 5.75 Å². The van der Waals surface area contributed by atoms with Gasteiger partial charge >= 0.3 is 0 Å². The Kier molecular flexibility index (Phi) is 4.56. The average molecular weight is 274 g/mol. The number of morpholine rings is 1. The van der Waals surface area contributed by atoms with Gasteiger partial charge < -0.3 is 14.8 Å². The van der Waals surface area contributed by atoms with E-state index in [4.69, 9.17) is 21.1 Å². The van der Waals surface area contributed by atoms with Gasteiger partial charge in [0.1, 0.15) is 0 Å². The number of rotatable bonds is 3. The first-order chi connectivity index (χ1) is 8.26. The molecule has 1 aromatic carbocycles. The number of thioether (sulfide) groups is 1. The van der Waals surface area contributed by atoms with Crippen LogP contribution in [0, 0.1) is 0 Å². The van der Waals surface area contributed by atoms with Crippen molar-refractivity contribution >= 4 is 23.4 Å². The van der Waals surface area contributed by atoms with Crippen LogP contribution in [-0.4, -0.2) is 33.1 Å². The first-order valence-corrected chi connectivity index (χ1v) is 7.10. The zero-order chi connectivity index (χ0) is 12.3. The fraction of sp³-hybridized carbons (Fsp3) is 0.500.